The molecule has 31 heavy (non-hydrogen) atoms. The third-order valence-corrected chi connectivity index (χ3v) is 5.59. The summed E-state index contributed by atoms with van der Waals surface area (Å²) >= 11 is 0. The number of allylic oxidation sites excluding steroid dienone is 1. The lowest BCUT2D eigenvalue weighted by molar-refractivity contribution is -0.161. The molecule has 0 bridgehead atoms. The molecule has 1 fully saturated rings. The van der Waals surface area contributed by atoms with Gasteiger partial charge >= 0.3 is 6.18 Å². The molecule has 0 saturated carbocycles. The number of anilines is 1. The lowest BCUT2D eigenvalue weighted by Gasteiger charge is -2.34. The maximum Gasteiger partial charge on any atom is 0.406 e. The highest BCUT2D eigenvalue weighted by atomic mass is 19.4. The van der Waals surface area contributed by atoms with Gasteiger partial charge in [-0.3, -0.25) is 4.79 Å². The number of nitrogens with one attached hydrogen (secondary N) is 2. The van der Waals surface area contributed by atoms with Crippen LogP contribution in [0.15, 0.2) is 58.6 Å². The number of carbonyl (C=O) groups excluding carboxylic acids is 1. The normalized spacial score (nSPS) is 23.9. The zero-order valence-electron chi connectivity index (χ0n) is 16.3. The molecule has 1 saturated heterocycles. The molecule has 160 valence electrons. The topological polar surface area (TPSA) is 96.4 Å². The van der Waals surface area contributed by atoms with Crippen LogP contribution in [0.3, 0.4) is 0 Å². The molecule has 3 aromatic rings. The molecular weight excluding hydrogens is 411 g/mol. The number of amides is 1. The fourth-order valence-electron chi connectivity index (χ4n) is 4.19. The minimum atomic E-state index is -4.57. The molecule has 2 aliphatic heterocycles. The predicted molar refractivity (Wildman–Crippen MR) is 107 cm³/mol. The van der Waals surface area contributed by atoms with Gasteiger partial charge in [0.25, 0.3) is 5.91 Å². The Morgan fingerprint density at radius 2 is 1.90 bits per heavy atom. The molecule has 5 rings (SSSR count). The molecule has 0 radical (unpaired) electrons. The van der Waals surface area contributed by atoms with Gasteiger partial charge in [-0.1, -0.05) is 30.3 Å². The number of benzene rings is 2. The number of halogens is 3. The maximum absolute atomic E-state index is 13.9. The maximum atomic E-state index is 13.9. The molecular formula is C21H18F3N5O2. The summed E-state index contributed by atoms with van der Waals surface area (Å²) in [4.78, 5) is 17.6. The Morgan fingerprint density at radius 3 is 2.61 bits per heavy atom. The third kappa shape index (κ3) is 3.10. The Balaban J connectivity index is 1.58. The lowest BCUT2D eigenvalue weighted by Crippen LogP contribution is -2.54. The second kappa shape index (κ2) is 6.74. The number of nitrogens with two attached hydrogens (primary N) is 1. The van der Waals surface area contributed by atoms with E-state index in [0.29, 0.717) is 28.0 Å². The van der Waals surface area contributed by atoms with Crippen LogP contribution in [0.25, 0.3) is 16.7 Å². The van der Waals surface area contributed by atoms with Gasteiger partial charge in [0.2, 0.25) is 5.89 Å². The fraction of sp³-hybridized carbons (Fsp3) is 0.238. The molecule has 10 heteroatoms. The summed E-state index contributed by atoms with van der Waals surface area (Å²) in [5.41, 5.74) is 10.4. The van der Waals surface area contributed by atoms with Crippen LogP contribution in [-0.4, -0.2) is 34.3 Å². The van der Waals surface area contributed by atoms with Crippen molar-refractivity contribution in [2.75, 3.05) is 5.73 Å². The Hall–Kier alpha value is -3.53. The summed E-state index contributed by atoms with van der Waals surface area (Å²) in [7, 11) is 0. The summed E-state index contributed by atoms with van der Waals surface area (Å²) in [5, 5.41) is 4.05. The first-order chi connectivity index (χ1) is 14.7. The van der Waals surface area contributed by atoms with Crippen molar-refractivity contribution in [3.05, 3.63) is 65.7 Å². The van der Waals surface area contributed by atoms with Crippen molar-refractivity contribution in [2.45, 2.75) is 31.2 Å². The Morgan fingerprint density at radius 1 is 1.16 bits per heavy atom. The van der Waals surface area contributed by atoms with Crippen molar-refractivity contribution in [1.29, 1.82) is 0 Å². The third-order valence-electron chi connectivity index (χ3n) is 5.59. The van der Waals surface area contributed by atoms with E-state index in [1.807, 2.05) is 0 Å². The summed E-state index contributed by atoms with van der Waals surface area (Å²) in [6.07, 6.45) is -5.49. The number of hydrogen-bond acceptors (Lipinski definition) is 6. The molecule has 1 amide bonds. The first-order valence-electron chi connectivity index (χ1n) is 9.59. The number of hydrazine groups is 1. The molecule has 0 spiro atoms. The largest absolute Gasteiger partial charge is 0.436 e. The number of rotatable bonds is 2. The standard InChI is InChI=1S/C21H18F3N5O2/c1-10-15(19-27-13-8-7-12(25)9-14(13)31-19)20(30)29-18(26-10)16(11-5-3-2-4-6-11)17(28-29)21(22,23)24/h2-9,16-18,26,28H,25H2,1H3. The summed E-state index contributed by atoms with van der Waals surface area (Å²) in [6, 6.07) is 11.3. The Labute approximate surface area is 174 Å². The van der Waals surface area contributed by atoms with Gasteiger partial charge in [-0.15, -0.1) is 0 Å². The van der Waals surface area contributed by atoms with Crippen LogP contribution in [0.2, 0.25) is 0 Å². The van der Waals surface area contributed by atoms with Crippen LogP contribution in [0, 0.1) is 0 Å². The number of fused-ring (bicyclic) bond motifs is 2. The monoisotopic (exact) mass is 429 g/mol. The van der Waals surface area contributed by atoms with E-state index < -0.39 is 30.2 Å². The highest BCUT2D eigenvalue weighted by Crippen LogP contribution is 2.42. The molecule has 3 heterocycles. The molecule has 3 unspecified atom stereocenters. The molecule has 0 aliphatic carbocycles. The Bertz CT molecular complexity index is 1200. The minimum Gasteiger partial charge on any atom is -0.436 e. The molecule has 2 aliphatic rings. The van der Waals surface area contributed by atoms with Crippen molar-refractivity contribution in [1.82, 2.24) is 20.7 Å². The minimum absolute atomic E-state index is 0.0163. The van der Waals surface area contributed by atoms with E-state index in [-0.39, 0.29) is 11.5 Å². The van der Waals surface area contributed by atoms with E-state index in [1.54, 1.807) is 55.5 Å². The van der Waals surface area contributed by atoms with Gasteiger partial charge in [-0.2, -0.15) is 13.2 Å². The second-order valence-corrected chi connectivity index (χ2v) is 7.60. The number of nitrogens with zero attached hydrogens (tertiary/aromatic N) is 2. The van der Waals surface area contributed by atoms with Crippen LogP contribution in [0.4, 0.5) is 18.9 Å². The van der Waals surface area contributed by atoms with E-state index >= 15 is 0 Å². The van der Waals surface area contributed by atoms with E-state index in [0.717, 1.165) is 5.01 Å². The van der Waals surface area contributed by atoms with E-state index in [1.165, 1.54) is 0 Å². The Kier molecular flexibility index (Phi) is 4.23. The van der Waals surface area contributed by atoms with Gasteiger partial charge < -0.3 is 15.5 Å². The zero-order chi connectivity index (χ0) is 21.9. The second-order valence-electron chi connectivity index (χ2n) is 7.60. The quantitative estimate of drug-likeness (QED) is 0.542. The number of aromatic nitrogens is 1. The highest BCUT2D eigenvalue weighted by Gasteiger charge is 2.58. The van der Waals surface area contributed by atoms with Crippen LogP contribution in [0.1, 0.15) is 24.3 Å². The molecule has 3 atom stereocenters. The average Bonchev–Trinajstić information content (AvgIpc) is 3.29. The van der Waals surface area contributed by atoms with E-state index in [9.17, 15) is 18.0 Å². The number of alkyl halides is 3. The van der Waals surface area contributed by atoms with Gasteiger partial charge in [-0.25, -0.2) is 15.4 Å². The average molecular weight is 429 g/mol. The number of carbonyl (C=O) groups is 1. The van der Waals surface area contributed by atoms with E-state index in [4.69, 9.17) is 10.2 Å². The predicted octanol–water partition coefficient (Wildman–Crippen LogP) is 3.13. The summed E-state index contributed by atoms with van der Waals surface area (Å²) in [6.45, 7) is 1.62. The SMILES string of the molecule is CC1=C(c2nc3ccc(N)cc3o2)C(=O)N2NC(C(F)(F)F)C(c3ccccc3)C2N1. The number of oxazole rings is 1. The molecule has 2 aromatic carbocycles. The van der Waals surface area contributed by atoms with Crippen molar-refractivity contribution >= 4 is 28.3 Å². The molecule has 7 nitrogen and oxygen atoms in total. The van der Waals surface area contributed by atoms with Crippen LogP contribution < -0.4 is 16.5 Å². The van der Waals surface area contributed by atoms with E-state index in [2.05, 4.69) is 15.7 Å². The van der Waals surface area contributed by atoms with Crippen molar-refractivity contribution in [2.24, 2.45) is 0 Å². The van der Waals surface area contributed by atoms with Crippen molar-refractivity contribution < 1.29 is 22.4 Å². The first kappa shape index (κ1) is 19.4. The van der Waals surface area contributed by atoms with Crippen molar-refractivity contribution in [3.8, 4) is 0 Å². The van der Waals surface area contributed by atoms with Crippen molar-refractivity contribution in [3.63, 3.8) is 0 Å². The molecule has 1 aromatic heterocycles. The number of nitrogen functional groups attached to an aromatic ring is 1. The van der Waals surface area contributed by atoms with Gasteiger partial charge in [0.05, 0.1) is 5.92 Å². The molecule has 4 N–H and O–H groups in total. The van der Waals surface area contributed by atoms with Gasteiger partial charge in [0, 0.05) is 17.5 Å². The zero-order valence-corrected chi connectivity index (χ0v) is 16.3. The summed E-state index contributed by atoms with van der Waals surface area (Å²) < 4.78 is 47.3. The fourth-order valence-corrected chi connectivity index (χ4v) is 4.19. The van der Waals surface area contributed by atoms with Crippen LogP contribution >= 0.6 is 0 Å². The first-order valence-corrected chi connectivity index (χ1v) is 9.59. The highest BCUT2D eigenvalue weighted by molar-refractivity contribution is 6.20. The van der Waals surface area contributed by atoms with Crippen LogP contribution in [0.5, 0.6) is 0 Å². The smallest absolute Gasteiger partial charge is 0.406 e. The van der Waals surface area contributed by atoms with Gasteiger partial charge in [0.1, 0.15) is 23.3 Å². The van der Waals surface area contributed by atoms with Crippen LogP contribution in [-0.2, 0) is 4.79 Å². The van der Waals surface area contributed by atoms with Gasteiger partial charge in [-0.05, 0) is 24.6 Å². The van der Waals surface area contributed by atoms with Gasteiger partial charge in [0.15, 0.2) is 5.58 Å². The summed E-state index contributed by atoms with van der Waals surface area (Å²) in [5.74, 6) is -1.67. The number of hydrogen-bond donors (Lipinski definition) is 3. The lowest BCUT2D eigenvalue weighted by atomic mass is 9.89.